The Morgan fingerprint density at radius 1 is 1.15 bits per heavy atom. The summed E-state index contributed by atoms with van der Waals surface area (Å²) >= 11 is 0. The average Bonchev–Trinajstić information content (AvgIpc) is 2.72. The lowest BCUT2D eigenvalue weighted by molar-refractivity contribution is 0.0740. The molecule has 1 aliphatic rings. The number of rotatable bonds is 7. The molecule has 2 aromatic heterocycles. The number of aromatic nitrogens is 4. The summed E-state index contributed by atoms with van der Waals surface area (Å²) in [4.78, 5) is 33.6. The molecular formula is C17H23N7O2. The highest BCUT2D eigenvalue weighted by Gasteiger charge is 2.24. The summed E-state index contributed by atoms with van der Waals surface area (Å²) in [5.41, 5.74) is 0.402. The summed E-state index contributed by atoms with van der Waals surface area (Å²) in [7, 11) is 1.67. The van der Waals surface area contributed by atoms with Gasteiger partial charge in [-0.3, -0.25) is 4.79 Å². The zero-order valence-electron chi connectivity index (χ0n) is 14.8. The number of carbonyl (C=O) groups is 1. The molecule has 9 nitrogen and oxygen atoms in total. The first-order chi connectivity index (χ1) is 12.8. The fraction of sp³-hybridized carbons (Fsp3) is 0.471. The Morgan fingerprint density at radius 2 is 1.92 bits per heavy atom. The number of hydrogen-bond donors (Lipinski definition) is 1. The molecule has 0 bridgehead atoms. The highest BCUT2D eigenvalue weighted by Crippen LogP contribution is 2.12. The van der Waals surface area contributed by atoms with E-state index in [0.717, 1.165) is 6.42 Å². The second-order valence-corrected chi connectivity index (χ2v) is 5.87. The zero-order chi connectivity index (χ0) is 18.2. The van der Waals surface area contributed by atoms with Crippen LogP contribution in [-0.4, -0.2) is 77.2 Å². The third kappa shape index (κ3) is 4.63. The van der Waals surface area contributed by atoms with Crippen LogP contribution in [0, 0.1) is 0 Å². The molecule has 0 atom stereocenters. The molecule has 3 heterocycles. The van der Waals surface area contributed by atoms with Gasteiger partial charge in [0.05, 0.1) is 0 Å². The minimum Gasteiger partial charge on any atom is -0.385 e. The molecule has 0 radical (unpaired) electrons. The van der Waals surface area contributed by atoms with Crippen LogP contribution < -0.4 is 10.2 Å². The van der Waals surface area contributed by atoms with E-state index in [-0.39, 0.29) is 5.91 Å². The third-order valence-electron chi connectivity index (χ3n) is 4.08. The molecule has 9 heteroatoms. The number of carbonyl (C=O) groups excluding carboxylic acids is 1. The van der Waals surface area contributed by atoms with Crippen molar-refractivity contribution in [3.05, 3.63) is 36.4 Å². The van der Waals surface area contributed by atoms with Gasteiger partial charge in [-0.25, -0.2) is 19.9 Å². The maximum Gasteiger partial charge on any atom is 0.272 e. The molecule has 138 valence electrons. The Labute approximate surface area is 152 Å². The number of nitrogens with one attached hydrogen (secondary N) is 1. The lowest BCUT2D eigenvalue weighted by atomic mass is 10.2. The van der Waals surface area contributed by atoms with Crippen molar-refractivity contribution in [1.82, 2.24) is 24.8 Å². The average molecular weight is 357 g/mol. The number of hydrogen-bond acceptors (Lipinski definition) is 8. The van der Waals surface area contributed by atoms with E-state index in [1.807, 2.05) is 0 Å². The number of nitrogens with zero attached hydrogens (tertiary/aromatic N) is 6. The largest absolute Gasteiger partial charge is 0.385 e. The quantitative estimate of drug-likeness (QED) is 0.723. The summed E-state index contributed by atoms with van der Waals surface area (Å²) in [6.07, 6.45) is 5.90. The SMILES string of the molecule is COCCCNc1nccc(C(=O)N2CCN(c3ncccn3)CC2)n1. The second-order valence-electron chi connectivity index (χ2n) is 5.87. The first-order valence-corrected chi connectivity index (χ1v) is 8.65. The van der Waals surface area contributed by atoms with Crippen molar-refractivity contribution >= 4 is 17.8 Å². The Kier molecular flexibility index (Phi) is 6.26. The van der Waals surface area contributed by atoms with Gasteiger partial charge >= 0.3 is 0 Å². The molecule has 0 spiro atoms. The van der Waals surface area contributed by atoms with Crippen LogP contribution in [0.3, 0.4) is 0 Å². The highest BCUT2D eigenvalue weighted by atomic mass is 16.5. The zero-order valence-corrected chi connectivity index (χ0v) is 14.8. The lowest BCUT2D eigenvalue weighted by Crippen LogP contribution is -2.49. The van der Waals surface area contributed by atoms with Crippen molar-refractivity contribution in [3.63, 3.8) is 0 Å². The van der Waals surface area contributed by atoms with Crippen molar-refractivity contribution in [2.45, 2.75) is 6.42 Å². The van der Waals surface area contributed by atoms with Crippen LogP contribution in [-0.2, 0) is 4.74 Å². The van der Waals surface area contributed by atoms with E-state index in [4.69, 9.17) is 4.74 Å². The molecule has 1 N–H and O–H groups in total. The van der Waals surface area contributed by atoms with Gasteiger partial charge in [-0.1, -0.05) is 0 Å². The van der Waals surface area contributed by atoms with E-state index >= 15 is 0 Å². The summed E-state index contributed by atoms with van der Waals surface area (Å²) in [5.74, 6) is 1.08. The van der Waals surface area contributed by atoms with E-state index in [1.165, 1.54) is 0 Å². The van der Waals surface area contributed by atoms with Gasteiger partial charge in [-0.15, -0.1) is 0 Å². The van der Waals surface area contributed by atoms with Crippen LogP contribution in [0.4, 0.5) is 11.9 Å². The summed E-state index contributed by atoms with van der Waals surface area (Å²) in [5, 5.41) is 3.11. The smallest absolute Gasteiger partial charge is 0.272 e. The number of amides is 1. The van der Waals surface area contributed by atoms with Gasteiger partial charge < -0.3 is 19.9 Å². The monoisotopic (exact) mass is 357 g/mol. The second kappa shape index (κ2) is 9.04. The molecule has 0 saturated carbocycles. The van der Waals surface area contributed by atoms with E-state index < -0.39 is 0 Å². The molecule has 1 amide bonds. The normalized spacial score (nSPS) is 14.3. The molecule has 1 fully saturated rings. The van der Waals surface area contributed by atoms with Crippen LogP contribution in [0.25, 0.3) is 0 Å². The van der Waals surface area contributed by atoms with Crippen LogP contribution in [0.5, 0.6) is 0 Å². The summed E-state index contributed by atoms with van der Waals surface area (Å²) < 4.78 is 5.01. The predicted octanol–water partition coefficient (Wildman–Crippen LogP) is 0.677. The van der Waals surface area contributed by atoms with E-state index in [9.17, 15) is 4.79 Å². The molecule has 1 saturated heterocycles. The van der Waals surface area contributed by atoms with Crippen molar-refractivity contribution in [2.75, 3.05) is 56.7 Å². The fourth-order valence-corrected chi connectivity index (χ4v) is 2.71. The number of piperazine rings is 1. The number of methoxy groups -OCH3 is 1. The summed E-state index contributed by atoms with van der Waals surface area (Å²) in [6.45, 7) is 3.98. The fourth-order valence-electron chi connectivity index (χ4n) is 2.71. The van der Waals surface area contributed by atoms with Crippen LogP contribution in [0.1, 0.15) is 16.9 Å². The first kappa shape index (κ1) is 18.0. The van der Waals surface area contributed by atoms with Crippen molar-refractivity contribution in [1.29, 1.82) is 0 Å². The van der Waals surface area contributed by atoms with Crippen LogP contribution >= 0.6 is 0 Å². The Balaban J connectivity index is 1.55. The topological polar surface area (TPSA) is 96.4 Å². The lowest BCUT2D eigenvalue weighted by Gasteiger charge is -2.34. The summed E-state index contributed by atoms with van der Waals surface area (Å²) in [6, 6.07) is 3.44. The van der Waals surface area contributed by atoms with Gasteiger partial charge in [0.25, 0.3) is 5.91 Å². The standard InChI is InChI=1S/C17H23N7O2/c1-26-13-3-7-18-16-19-8-4-14(22-16)15(25)23-9-11-24(12-10-23)17-20-5-2-6-21-17/h2,4-6,8H,3,7,9-13H2,1H3,(H,18,19,22). The first-order valence-electron chi connectivity index (χ1n) is 8.65. The molecule has 0 aromatic carbocycles. The molecule has 2 aromatic rings. The Morgan fingerprint density at radius 3 is 2.65 bits per heavy atom. The van der Waals surface area contributed by atoms with Gasteiger partial charge in [0.1, 0.15) is 5.69 Å². The third-order valence-corrected chi connectivity index (χ3v) is 4.08. The van der Waals surface area contributed by atoms with E-state index in [1.54, 1.807) is 42.7 Å². The molecule has 0 unspecified atom stereocenters. The molecular weight excluding hydrogens is 334 g/mol. The van der Waals surface area contributed by atoms with E-state index in [0.29, 0.717) is 56.9 Å². The van der Waals surface area contributed by atoms with E-state index in [2.05, 4.69) is 30.2 Å². The van der Waals surface area contributed by atoms with Crippen molar-refractivity contribution < 1.29 is 9.53 Å². The van der Waals surface area contributed by atoms with Gasteiger partial charge in [-0.2, -0.15) is 0 Å². The molecule has 1 aliphatic heterocycles. The maximum atomic E-state index is 12.7. The van der Waals surface area contributed by atoms with Gasteiger partial charge in [-0.05, 0) is 18.6 Å². The minimum absolute atomic E-state index is 0.0824. The Hall–Kier alpha value is -2.81. The van der Waals surface area contributed by atoms with Crippen LogP contribution in [0.15, 0.2) is 30.7 Å². The maximum absolute atomic E-state index is 12.7. The van der Waals surface area contributed by atoms with Crippen LogP contribution in [0.2, 0.25) is 0 Å². The van der Waals surface area contributed by atoms with Crippen molar-refractivity contribution in [3.8, 4) is 0 Å². The van der Waals surface area contributed by atoms with Gasteiger partial charge in [0, 0.05) is 65.0 Å². The predicted molar refractivity (Wildman–Crippen MR) is 97.2 cm³/mol. The number of anilines is 2. The molecule has 3 rings (SSSR count). The minimum atomic E-state index is -0.0824. The van der Waals surface area contributed by atoms with Crippen molar-refractivity contribution in [2.24, 2.45) is 0 Å². The molecule has 0 aliphatic carbocycles. The van der Waals surface area contributed by atoms with Gasteiger partial charge in [0.15, 0.2) is 0 Å². The highest BCUT2D eigenvalue weighted by molar-refractivity contribution is 5.92. The Bertz CT molecular complexity index is 705. The molecule has 26 heavy (non-hydrogen) atoms. The van der Waals surface area contributed by atoms with Gasteiger partial charge in [0.2, 0.25) is 11.9 Å². The number of ether oxygens (including phenoxy) is 1.